The lowest BCUT2D eigenvalue weighted by Crippen LogP contribution is -2.28. The summed E-state index contributed by atoms with van der Waals surface area (Å²) >= 11 is 0. The van der Waals surface area contributed by atoms with Crippen LogP contribution in [0.15, 0.2) is 18.2 Å². The van der Waals surface area contributed by atoms with Gasteiger partial charge in [0, 0.05) is 5.92 Å². The van der Waals surface area contributed by atoms with Gasteiger partial charge >= 0.3 is 11.9 Å². The average molecular weight is 294 g/mol. The van der Waals surface area contributed by atoms with Crippen molar-refractivity contribution in [3.63, 3.8) is 0 Å². The first-order valence-electron chi connectivity index (χ1n) is 6.56. The first-order valence-corrected chi connectivity index (χ1v) is 6.56. The minimum atomic E-state index is -0.858. The second-order valence-electron chi connectivity index (χ2n) is 4.78. The number of methoxy groups -OCH3 is 3. The third-order valence-electron chi connectivity index (χ3n) is 3.57. The van der Waals surface area contributed by atoms with E-state index in [0.717, 1.165) is 5.56 Å². The van der Waals surface area contributed by atoms with Gasteiger partial charge in [0.25, 0.3) is 0 Å². The molecule has 0 saturated carbocycles. The van der Waals surface area contributed by atoms with E-state index in [1.165, 1.54) is 7.11 Å². The Bertz CT molecular complexity index is 539. The maximum atomic E-state index is 11.7. The van der Waals surface area contributed by atoms with Crippen molar-refractivity contribution < 1.29 is 28.5 Å². The standard InChI is InChI=1S/C15H18O6/c1-18-11-5-4-9(7-12(11)19-2)6-10-8-21-15(17)13(10)14(16)20-3/h4-5,7,10,13H,6,8H2,1-3H3/t10-,13-/m1/s1. The largest absolute Gasteiger partial charge is 0.493 e. The fourth-order valence-electron chi connectivity index (χ4n) is 2.47. The van der Waals surface area contributed by atoms with Gasteiger partial charge in [0.2, 0.25) is 0 Å². The summed E-state index contributed by atoms with van der Waals surface area (Å²) in [6, 6.07) is 5.49. The highest BCUT2D eigenvalue weighted by Gasteiger charge is 2.43. The van der Waals surface area contributed by atoms with E-state index in [1.807, 2.05) is 12.1 Å². The summed E-state index contributed by atoms with van der Waals surface area (Å²) < 4.78 is 20.1. The van der Waals surface area contributed by atoms with Crippen LogP contribution < -0.4 is 9.47 Å². The first-order chi connectivity index (χ1) is 10.1. The topological polar surface area (TPSA) is 71.1 Å². The van der Waals surface area contributed by atoms with Gasteiger partial charge in [-0.25, -0.2) is 0 Å². The molecule has 0 N–H and O–H groups in total. The first kappa shape index (κ1) is 15.2. The molecular formula is C15H18O6. The van der Waals surface area contributed by atoms with Crippen LogP contribution in [0.2, 0.25) is 0 Å². The van der Waals surface area contributed by atoms with Gasteiger partial charge in [-0.1, -0.05) is 6.07 Å². The molecule has 2 atom stereocenters. The monoisotopic (exact) mass is 294 g/mol. The lowest BCUT2D eigenvalue weighted by atomic mass is 9.89. The summed E-state index contributed by atoms with van der Waals surface area (Å²) in [4.78, 5) is 23.3. The Balaban J connectivity index is 2.17. The molecule has 0 amide bonds. The molecule has 1 aliphatic rings. The van der Waals surface area contributed by atoms with Crippen molar-refractivity contribution in [3.05, 3.63) is 23.8 Å². The SMILES string of the molecule is COC(=O)[C@@H]1C(=O)OC[C@H]1Cc1ccc(OC)c(OC)c1. The van der Waals surface area contributed by atoms with E-state index in [4.69, 9.17) is 14.2 Å². The third-order valence-corrected chi connectivity index (χ3v) is 3.57. The van der Waals surface area contributed by atoms with E-state index in [2.05, 4.69) is 4.74 Å². The van der Waals surface area contributed by atoms with Gasteiger partial charge in [0.15, 0.2) is 17.4 Å². The van der Waals surface area contributed by atoms with Crippen LogP contribution >= 0.6 is 0 Å². The Labute approximate surface area is 122 Å². The molecule has 1 aromatic rings. The van der Waals surface area contributed by atoms with Crippen molar-refractivity contribution in [2.24, 2.45) is 11.8 Å². The molecule has 1 aromatic carbocycles. The summed E-state index contributed by atoms with van der Waals surface area (Å²) in [6.07, 6.45) is 0.520. The molecule has 1 aliphatic heterocycles. The van der Waals surface area contributed by atoms with Crippen LogP contribution in [-0.4, -0.2) is 39.9 Å². The maximum Gasteiger partial charge on any atom is 0.320 e. The van der Waals surface area contributed by atoms with Crippen molar-refractivity contribution in [2.45, 2.75) is 6.42 Å². The molecule has 0 aromatic heterocycles. The quantitative estimate of drug-likeness (QED) is 0.600. The maximum absolute atomic E-state index is 11.7. The minimum absolute atomic E-state index is 0.215. The summed E-state index contributed by atoms with van der Waals surface area (Å²) in [5.41, 5.74) is 0.935. The number of hydrogen-bond donors (Lipinski definition) is 0. The van der Waals surface area contributed by atoms with E-state index in [-0.39, 0.29) is 12.5 Å². The molecule has 0 unspecified atom stereocenters. The number of rotatable bonds is 5. The molecule has 0 bridgehead atoms. The molecule has 6 heteroatoms. The lowest BCUT2D eigenvalue weighted by molar-refractivity contribution is -0.154. The van der Waals surface area contributed by atoms with Gasteiger partial charge < -0.3 is 18.9 Å². The number of carbonyl (C=O) groups excluding carboxylic acids is 2. The second-order valence-corrected chi connectivity index (χ2v) is 4.78. The average Bonchev–Trinajstić information content (AvgIpc) is 2.87. The van der Waals surface area contributed by atoms with Gasteiger partial charge in [-0.15, -0.1) is 0 Å². The van der Waals surface area contributed by atoms with Crippen molar-refractivity contribution in [1.82, 2.24) is 0 Å². The Morgan fingerprint density at radius 3 is 2.57 bits per heavy atom. The summed E-state index contributed by atoms with van der Waals surface area (Å²) in [6.45, 7) is 0.215. The minimum Gasteiger partial charge on any atom is -0.493 e. The number of carbonyl (C=O) groups is 2. The van der Waals surface area contributed by atoms with Crippen molar-refractivity contribution in [2.75, 3.05) is 27.9 Å². The van der Waals surface area contributed by atoms with E-state index in [9.17, 15) is 9.59 Å². The zero-order valence-corrected chi connectivity index (χ0v) is 12.3. The van der Waals surface area contributed by atoms with Gasteiger partial charge in [0.1, 0.15) is 0 Å². The number of cyclic esters (lactones) is 1. The molecule has 1 saturated heterocycles. The van der Waals surface area contributed by atoms with Gasteiger partial charge in [-0.3, -0.25) is 9.59 Å². The molecule has 1 heterocycles. The molecular weight excluding hydrogens is 276 g/mol. The molecule has 0 aliphatic carbocycles. The van der Waals surface area contributed by atoms with Crippen LogP contribution in [0.1, 0.15) is 5.56 Å². The normalized spacial score (nSPS) is 20.8. The summed E-state index contributed by atoms with van der Waals surface area (Å²) in [5.74, 6) is -0.930. The lowest BCUT2D eigenvalue weighted by Gasteiger charge is -2.14. The highest BCUT2D eigenvalue weighted by molar-refractivity contribution is 5.96. The molecule has 21 heavy (non-hydrogen) atoms. The number of ether oxygens (including phenoxy) is 4. The van der Waals surface area contributed by atoms with Crippen LogP contribution in [0.4, 0.5) is 0 Å². The molecule has 1 fully saturated rings. The van der Waals surface area contributed by atoms with Crippen LogP contribution in [-0.2, 0) is 25.5 Å². The van der Waals surface area contributed by atoms with E-state index in [0.29, 0.717) is 17.9 Å². The van der Waals surface area contributed by atoms with E-state index in [1.54, 1.807) is 20.3 Å². The van der Waals surface area contributed by atoms with Crippen molar-refractivity contribution >= 4 is 11.9 Å². The molecule has 0 radical (unpaired) electrons. The number of esters is 2. The second kappa shape index (κ2) is 6.47. The van der Waals surface area contributed by atoms with Crippen molar-refractivity contribution in [1.29, 1.82) is 0 Å². The predicted octanol–water partition coefficient (Wildman–Crippen LogP) is 1.21. The van der Waals surface area contributed by atoms with Crippen molar-refractivity contribution in [3.8, 4) is 11.5 Å². The highest BCUT2D eigenvalue weighted by Crippen LogP contribution is 2.31. The Hall–Kier alpha value is -2.24. The summed E-state index contributed by atoms with van der Waals surface area (Å²) in [7, 11) is 4.39. The molecule has 6 nitrogen and oxygen atoms in total. The number of hydrogen-bond acceptors (Lipinski definition) is 6. The molecule has 0 spiro atoms. The third kappa shape index (κ3) is 3.09. The van der Waals surface area contributed by atoms with Crippen LogP contribution in [0.25, 0.3) is 0 Å². The predicted molar refractivity (Wildman–Crippen MR) is 73.2 cm³/mol. The Morgan fingerprint density at radius 2 is 1.95 bits per heavy atom. The van der Waals surface area contributed by atoms with Crippen LogP contribution in [0.3, 0.4) is 0 Å². The fourth-order valence-corrected chi connectivity index (χ4v) is 2.47. The molecule has 2 rings (SSSR count). The highest BCUT2D eigenvalue weighted by atomic mass is 16.6. The zero-order chi connectivity index (χ0) is 15.4. The molecule has 114 valence electrons. The van der Waals surface area contributed by atoms with Crippen LogP contribution in [0.5, 0.6) is 11.5 Å². The smallest absolute Gasteiger partial charge is 0.320 e. The zero-order valence-electron chi connectivity index (χ0n) is 12.3. The van der Waals surface area contributed by atoms with Gasteiger partial charge in [-0.05, 0) is 24.1 Å². The van der Waals surface area contributed by atoms with E-state index < -0.39 is 17.9 Å². The number of benzene rings is 1. The Morgan fingerprint density at radius 1 is 1.24 bits per heavy atom. The van der Waals surface area contributed by atoms with E-state index >= 15 is 0 Å². The van der Waals surface area contributed by atoms with Crippen LogP contribution in [0, 0.1) is 11.8 Å². The fraction of sp³-hybridized carbons (Fsp3) is 0.467. The van der Waals surface area contributed by atoms with Gasteiger partial charge in [0.05, 0.1) is 27.9 Å². The van der Waals surface area contributed by atoms with Gasteiger partial charge in [-0.2, -0.15) is 0 Å². The Kier molecular flexibility index (Phi) is 4.67. The summed E-state index contributed by atoms with van der Waals surface area (Å²) in [5, 5.41) is 0.